The van der Waals surface area contributed by atoms with E-state index < -0.39 is 10.0 Å². The summed E-state index contributed by atoms with van der Waals surface area (Å²) in [5, 5.41) is 0. The Labute approximate surface area is 142 Å². The van der Waals surface area contributed by atoms with Crippen LogP contribution in [0.4, 0.5) is 5.69 Å². The van der Waals surface area contributed by atoms with Crippen LogP contribution >= 0.6 is 0 Å². The Morgan fingerprint density at radius 3 is 2.46 bits per heavy atom. The number of anilines is 1. The zero-order valence-electron chi connectivity index (χ0n) is 13.8. The molecule has 0 fully saturated rings. The van der Waals surface area contributed by atoms with Crippen molar-refractivity contribution in [2.75, 3.05) is 11.3 Å². The second-order valence-electron chi connectivity index (χ2n) is 5.42. The molecule has 0 spiro atoms. The topological polar surface area (TPSA) is 72.5 Å². The Kier molecular flexibility index (Phi) is 5.98. The number of unbranched alkanes of at least 4 members (excludes halogenated alkanes) is 1. The Hall–Kier alpha value is -2.34. The minimum atomic E-state index is -3.75. The molecule has 5 nitrogen and oxygen atoms in total. The van der Waals surface area contributed by atoms with Crippen LogP contribution < -0.4 is 9.46 Å². The first-order valence-electron chi connectivity index (χ1n) is 7.79. The highest BCUT2D eigenvalue weighted by Gasteiger charge is 2.15. The maximum Gasteiger partial charge on any atom is 0.261 e. The lowest BCUT2D eigenvalue weighted by Gasteiger charge is -2.10. The molecule has 0 aliphatic heterocycles. The summed E-state index contributed by atoms with van der Waals surface area (Å²) in [7, 11) is -3.75. The molecule has 2 rings (SSSR count). The van der Waals surface area contributed by atoms with E-state index in [1.807, 2.05) is 0 Å². The van der Waals surface area contributed by atoms with Crippen LogP contribution in [0.2, 0.25) is 0 Å². The van der Waals surface area contributed by atoms with Gasteiger partial charge in [0.2, 0.25) is 0 Å². The van der Waals surface area contributed by atoms with Crippen LogP contribution in [0.5, 0.6) is 5.75 Å². The van der Waals surface area contributed by atoms with E-state index >= 15 is 0 Å². The number of ketones is 1. The molecular weight excluding hydrogens is 326 g/mol. The number of sulfonamides is 1. The maximum atomic E-state index is 12.4. The molecular formula is C18H21NO4S. The third-order valence-corrected chi connectivity index (χ3v) is 4.80. The SMILES string of the molecule is CCCCOc1ccc(NS(=O)(=O)c2cccc(C(C)=O)c2)cc1. The molecule has 0 bridgehead atoms. The fraction of sp³-hybridized carbons (Fsp3) is 0.278. The molecule has 0 saturated heterocycles. The van der Waals surface area contributed by atoms with Crippen molar-refractivity contribution in [2.45, 2.75) is 31.6 Å². The second-order valence-corrected chi connectivity index (χ2v) is 7.10. The summed E-state index contributed by atoms with van der Waals surface area (Å²) in [5.74, 6) is 0.519. The predicted octanol–water partition coefficient (Wildman–Crippen LogP) is 3.87. The largest absolute Gasteiger partial charge is 0.494 e. The summed E-state index contributed by atoms with van der Waals surface area (Å²) in [6, 6.07) is 12.7. The number of ether oxygens (including phenoxy) is 1. The highest BCUT2D eigenvalue weighted by Crippen LogP contribution is 2.20. The summed E-state index contributed by atoms with van der Waals surface area (Å²) < 4.78 is 32.9. The van der Waals surface area contributed by atoms with Gasteiger partial charge < -0.3 is 4.74 Å². The molecule has 0 atom stereocenters. The summed E-state index contributed by atoms with van der Waals surface area (Å²) in [5.41, 5.74) is 0.795. The Balaban J connectivity index is 2.11. The quantitative estimate of drug-likeness (QED) is 0.581. The van der Waals surface area contributed by atoms with Crippen LogP contribution in [-0.2, 0) is 10.0 Å². The molecule has 0 unspecified atom stereocenters. The highest BCUT2D eigenvalue weighted by molar-refractivity contribution is 7.92. The second kappa shape index (κ2) is 7.97. The van der Waals surface area contributed by atoms with Crippen LogP contribution in [0.1, 0.15) is 37.0 Å². The minimum Gasteiger partial charge on any atom is -0.494 e. The summed E-state index contributed by atoms with van der Waals surface area (Å²) in [4.78, 5) is 11.5. The molecule has 0 heterocycles. The van der Waals surface area contributed by atoms with Crippen molar-refractivity contribution in [1.29, 1.82) is 0 Å². The van der Waals surface area contributed by atoms with Gasteiger partial charge in [0.15, 0.2) is 5.78 Å². The third-order valence-electron chi connectivity index (χ3n) is 3.42. The van der Waals surface area contributed by atoms with Crippen LogP contribution in [0.25, 0.3) is 0 Å². The monoisotopic (exact) mass is 347 g/mol. The highest BCUT2D eigenvalue weighted by atomic mass is 32.2. The number of hydrogen-bond donors (Lipinski definition) is 1. The lowest BCUT2D eigenvalue weighted by molar-refractivity contribution is 0.101. The standard InChI is InChI=1S/C18H21NO4S/c1-3-4-12-23-17-10-8-16(9-11-17)19-24(21,22)18-7-5-6-15(13-18)14(2)20/h5-11,13,19H,3-4,12H2,1-2H3. The predicted molar refractivity (Wildman–Crippen MR) is 94.1 cm³/mol. The van der Waals surface area contributed by atoms with Crippen LogP contribution in [0, 0.1) is 0 Å². The van der Waals surface area contributed by atoms with Crippen LogP contribution in [0.15, 0.2) is 53.4 Å². The normalized spacial score (nSPS) is 11.1. The van der Waals surface area contributed by atoms with Crippen molar-refractivity contribution in [3.8, 4) is 5.75 Å². The van der Waals surface area contributed by atoms with Gasteiger partial charge in [-0.1, -0.05) is 25.5 Å². The van der Waals surface area contributed by atoms with Gasteiger partial charge in [0.05, 0.1) is 11.5 Å². The molecule has 0 aromatic heterocycles. The van der Waals surface area contributed by atoms with Gasteiger partial charge in [-0.2, -0.15) is 0 Å². The minimum absolute atomic E-state index is 0.0541. The van der Waals surface area contributed by atoms with Crippen LogP contribution in [0.3, 0.4) is 0 Å². The zero-order valence-corrected chi connectivity index (χ0v) is 14.6. The number of benzene rings is 2. The fourth-order valence-electron chi connectivity index (χ4n) is 2.05. The molecule has 0 aliphatic carbocycles. The van der Waals surface area contributed by atoms with Crippen molar-refractivity contribution < 1.29 is 17.9 Å². The van der Waals surface area contributed by atoms with Crippen molar-refractivity contribution in [1.82, 2.24) is 0 Å². The third kappa shape index (κ3) is 4.83. The van der Waals surface area contributed by atoms with E-state index in [-0.39, 0.29) is 10.7 Å². The van der Waals surface area contributed by atoms with E-state index in [0.717, 1.165) is 12.8 Å². The average Bonchev–Trinajstić information content (AvgIpc) is 2.56. The number of carbonyl (C=O) groups is 1. The number of carbonyl (C=O) groups excluding carboxylic acids is 1. The van der Waals surface area contributed by atoms with Crippen molar-refractivity contribution in [3.63, 3.8) is 0 Å². The van der Waals surface area contributed by atoms with E-state index in [1.165, 1.54) is 19.1 Å². The summed E-state index contributed by atoms with van der Waals surface area (Å²) in [6.07, 6.45) is 2.03. The van der Waals surface area contributed by atoms with E-state index in [9.17, 15) is 13.2 Å². The first-order chi connectivity index (χ1) is 11.4. The molecule has 0 saturated carbocycles. The molecule has 0 amide bonds. The number of rotatable bonds is 8. The van der Waals surface area contributed by atoms with Gasteiger partial charge in [-0.15, -0.1) is 0 Å². The lowest BCUT2D eigenvalue weighted by atomic mass is 10.2. The average molecular weight is 347 g/mol. The smallest absolute Gasteiger partial charge is 0.261 e. The molecule has 0 aliphatic rings. The number of nitrogens with one attached hydrogen (secondary N) is 1. The Morgan fingerprint density at radius 2 is 1.83 bits per heavy atom. The van der Waals surface area contributed by atoms with E-state index in [1.54, 1.807) is 36.4 Å². The number of hydrogen-bond acceptors (Lipinski definition) is 4. The molecule has 1 N–H and O–H groups in total. The van der Waals surface area contributed by atoms with Crippen molar-refractivity contribution >= 4 is 21.5 Å². The molecule has 2 aromatic carbocycles. The van der Waals surface area contributed by atoms with E-state index in [2.05, 4.69) is 11.6 Å². The molecule has 0 radical (unpaired) electrons. The molecule has 24 heavy (non-hydrogen) atoms. The summed E-state index contributed by atoms with van der Waals surface area (Å²) in [6.45, 7) is 4.12. The van der Waals surface area contributed by atoms with Gasteiger partial charge in [-0.05, 0) is 49.7 Å². The van der Waals surface area contributed by atoms with Crippen molar-refractivity contribution in [3.05, 3.63) is 54.1 Å². The van der Waals surface area contributed by atoms with E-state index in [0.29, 0.717) is 23.6 Å². The summed E-state index contributed by atoms with van der Waals surface area (Å²) >= 11 is 0. The first kappa shape index (κ1) is 18.0. The van der Waals surface area contributed by atoms with Crippen molar-refractivity contribution in [2.24, 2.45) is 0 Å². The van der Waals surface area contributed by atoms with Gasteiger partial charge in [0.25, 0.3) is 10.0 Å². The van der Waals surface area contributed by atoms with E-state index in [4.69, 9.17) is 4.74 Å². The van der Waals surface area contributed by atoms with Gasteiger partial charge in [0, 0.05) is 11.3 Å². The van der Waals surface area contributed by atoms with Gasteiger partial charge >= 0.3 is 0 Å². The van der Waals surface area contributed by atoms with Crippen LogP contribution in [-0.4, -0.2) is 20.8 Å². The van der Waals surface area contributed by atoms with Gasteiger partial charge in [-0.3, -0.25) is 9.52 Å². The Bertz CT molecular complexity index is 798. The Morgan fingerprint density at radius 1 is 1.12 bits per heavy atom. The zero-order chi connectivity index (χ0) is 17.6. The molecule has 128 valence electrons. The first-order valence-corrected chi connectivity index (χ1v) is 9.27. The van der Waals surface area contributed by atoms with Gasteiger partial charge in [-0.25, -0.2) is 8.42 Å². The number of Topliss-reactive ketones (excluding diaryl/α,β-unsaturated/α-hetero) is 1. The van der Waals surface area contributed by atoms with Gasteiger partial charge in [0.1, 0.15) is 5.75 Å². The fourth-order valence-corrected chi connectivity index (χ4v) is 3.15. The molecule has 6 heteroatoms. The molecule has 2 aromatic rings. The lowest BCUT2D eigenvalue weighted by Crippen LogP contribution is -2.13. The maximum absolute atomic E-state index is 12.4.